The van der Waals surface area contributed by atoms with Crippen molar-refractivity contribution in [3.63, 3.8) is 0 Å². The predicted octanol–water partition coefficient (Wildman–Crippen LogP) is 4.16. The summed E-state index contributed by atoms with van der Waals surface area (Å²) in [6.07, 6.45) is 12.3. The maximum Gasteiger partial charge on any atom is 0.0406 e. The van der Waals surface area contributed by atoms with Crippen LogP contribution in [0.2, 0.25) is 5.02 Å². The predicted molar refractivity (Wildman–Crippen MR) is 63.2 cm³/mol. The van der Waals surface area contributed by atoms with Gasteiger partial charge in [0.2, 0.25) is 0 Å². The fraction of sp³-hybridized carbons (Fsp3) is 0.231. The summed E-state index contributed by atoms with van der Waals surface area (Å²) in [4.78, 5) is 0. The molecule has 0 unspecified atom stereocenters. The highest BCUT2D eigenvalue weighted by molar-refractivity contribution is 6.30. The lowest BCUT2D eigenvalue weighted by Gasteiger charge is -1.93. The van der Waals surface area contributed by atoms with Gasteiger partial charge in [0.1, 0.15) is 0 Å². The average Bonchev–Trinajstić information content (AvgIpc) is 2.21. The van der Waals surface area contributed by atoms with Crippen molar-refractivity contribution in [1.29, 1.82) is 0 Å². The monoisotopic (exact) mass is 204 g/mol. The summed E-state index contributed by atoms with van der Waals surface area (Å²) in [7, 11) is 0. The molecule has 0 atom stereocenters. The Balaban J connectivity index is 2.37. The molecule has 1 aromatic rings. The van der Waals surface area contributed by atoms with Crippen molar-refractivity contribution in [2.24, 2.45) is 0 Å². The third-order valence-corrected chi connectivity index (χ3v) is 2.12. The molecule has 1 aromatic carbocycles. The van der Waals surface area contributed by atoms with E-state index in [2.05, 4.69) is 18.1 Å². The summed E-state index contributed by atoms with van der Waals surface area (Å²) in [5.74, 6) is 2.62. The maximum absolute atomic E-state index is 5.77. The molecule has 0 nitrogen and oxygen atoms in total. The second kappa shape index (κ2) is 6.29. The van der Waals surface area contributed by atoms with Gasteiger partial charge < -0.3 is 0 Å². The summed E-state index contributed by atoms with van der Waals surface area (Å²) >= 11 is 5.77. The zero-order valence-corrected chi connectivity index (χ0v) is 8.80. The fourth-order valence-electron chi connectivity index (χ4n) is 1.12. The van der Waals surface area contributed by atoms with Gasteiger partial charge in [-0.25, -0.2) is 0 Å². The highest BCUT2D eigenvalue weighted by Gasteiger charge is 1.87. The molecule has 14 heavy (non-hydrogen) atoms. The summed E-state index contributed by atoms with van der Waals surface area (Å²) in [6.45, 7) is 0. The molecule has 1 heteroatoms. The number of unbranched alkanes of at least 4 members (excludes halogenated alkanes) is 2. The molecule has 1 rings (SSSR count). The van der Waals surface area contributed by atoms with Gasteiger partial charge in [-0.2, -0.15) is 0 Å². The third kappa shape index (κ3) is 4.16. The Morgan fingerprint density at radius 3 is 2.64 bits per heavy atom. The van der Waals surface area contributed by atoms with Crippen LogP contribution in [0.1, 0.15) is 24.8 Å². The Labute approximate surface area is 90.6 Å². The Morgan fingerprint density at radius 2 is 2.00 bits per heavy atom. The van der Waals surface area contributed by atoms with E-state index in [1.54, 1.807) is 0 Å². The molecule has 0 saturated carbocycles. The van der Waals surface area contributed by atoms with Crippen LogP contribution in [-0.4, -0.2) is 0 Å². The minimum Gasteiger partial charge on any atom is -0.120 e. The molecular weight excluding hydrogens is 192 g/mol. The van der Waals surface area contributed by atoms with Crippen molar-refractivity contribution in [3.05, 3.63) is 40.9 Å². The van der Waals surface area contributed by atoms with Crippen LogP contribution in [0.25, 0.3) is 6.08 Å². The Hall–Kier alpha value is -1.19. The number of rotatable bonds is 4. The highest BCUT2D eigenvalue weighted by Crippen LogP contribution is 2.11. The lowest BCUT2D eigenvalue weighted by Crippen LogP contribution is -1.72. The van der Waals surface area contributed by atoms with E-state index in [-0.39, 0.29) is 0 Å². The molecule has 0 aliphatic rings. The number of halogens is 1. The van der Waals surface area contributed by atoms with Gasteiger partial charge in [0.05, 0.1) is 0 Å². The average molecular weight is 205 g/mol. The van der Waals surface area contributed by atoms with Gasteiger partial charge >= 0.3 is 0 Å². The number of allylic oxidation sites excluding steroid dienone is 1. The third-order valence-electron chi connectivity index (χ3n) is 1.87. The molecule has 0 aliphatic heterocycles. The van der Waals surface area contributed by atoms with E-state index in [0.29, 0.717) is 0 Å². The van der Waals surface area contributed by atoms with Crippen LogP contribution >= 0.6 is 11.6 Å². The van der Waals surface area contributed by atoms with Crippen LogP contribution in [0, 0.1) is 12.3 Å². The molecule has 0 N–H and O–H groups in total. The van der Waals surface area contributed by atoms with E-state index in [9.17, 15) is 0 Å². The van der Waals surface area contributed by atoms with Gasteiger partial charge in [0.25, 0.3) is 0 Å². The van der Waals surface area contributed by atoms with E-state index in [1.165, 1.54) is 5.56 Å². The van der Waals surface area contributed by atoms with E-state index < -0.39 is 0 Å². The van der Waals surface area contributed by atoms with E-state index in [0.717, 1.165) is 24.3 Å². The summed E-state index contributed by atoms with van der Waals surface area (Å²) < 4.78 is 0. The minimum absolute atomic E-state index is 0.773. The Bertz CT molecular complexity index is 327. The van der Waals surface area contributed by atoms with Gasteiger partial charge in [-0.1, -0.05) is 35.9 Å². The first-order valence-electron chi connectivity index (χ1n) is 4.68. The first-order valence-corrected chi connectivity index (χ1v) is 5.06. The minimum atomic E-state index is 0.773. The summed E-state index contributed by atoms with van der Waals surface area (Å²) in [5, 5.41) is 0.773. The summed E-state index contributed by atoms with van der Waals surface area (Å²) in [5.41, 5.74) is 1.18. The molecule has 0 aliphatic carbocycles. The van der Waals surface area contributed by atoms with Crippen molar-refractivity contribution in [3.8, 4) is 12.3 Å². The lowest BCUT2D eigenvalue weighted by atomic mass is 10.1. The molecule has 0 spiro atoms. The van der Waals surface area contributed by atoms with Crippen LogP contribution in [-0.2, 0) is 0 Å². The number of hydrogen-bond acceptors (Lipinski definition) is 0. The SMILES string of the molecule is C#CCCCC=Cc1ccc(Cl)cc1. The van der Waals surface area contributed by atoms with Crippen LogP contribution in [0.4, 0.5) is 0 Å². The van der Waals surface area contributed by atoms with Crippen LogP contribution in [0.5, 0.6) is 0 Å². The second-order valence-corrected chi connectivity index (χ2v) is 3.49. The van der Waals surface area contributed by atoms with Crippen LogP contribution in [0.3, 0.4) is 0 Å². The zero-order chi connectivity index (χ0) is 10.2. The first-order chi connectivity index (χ1) is 6.83. The van der Waals surface area contributed by atoms with E-state index in [1.807, 2.05) is 24.3 Å². The molecule has 0 amide bonds. The zero-order valence-electron chi connectivity index (χ0n) is 8.04. The molecule has 0 heterocycles. The maximum atomic E-state index is 5.77. The molecular formula is C13H13Cl. The topological polar surface area (TPSA) is 0 Å². The highest BCUT2D eigenvalue weighted by atomic mass is 35.5. The fourth-order valence-corrected chi connectivity index (χ4v) is 1.24. The number of terminal acetylenes is 1. The van der Waals surface area contributed by atoms with E-state index >= 15 is 0 Å². The lowest BCUT2D eigenvalue weighted by molar-refractivity contribution is 0.888. The smallest absolute Gasteiger partial charge is 0.0406 e. The van der Waals surface area contributed by atoms with Gasteiger partial charge in [-0.05, 0) is 30.5 Å². The molecule has 0 radical (unpaired) electrons. The molecule has 0 fully saturated rings. The second-order valence-electron chi connectivity index (χ2n) is 3.05. The van der Waals surface area contributed by atoms with E-state index in [4.69, 9.17) is 18.0 Å². The number of benzene rings is 1. The van der Waals surface area contributed by atoms with Gasteiger partial charge in [0, 0.05) is 11.4 Å². The Kier molecular flexibility index (Phi) is 4.89. The largest absolute Gasteiger partial charge is 0.120 e. The molecule has 0 bridgehead atoms. The number of hydrogen-bond donors (Lipinski definition) is 0. The van der Waals surface area contributed by atoms with Gasteiger partial charge in [0.15, 0.2) is 0 Å². The normalized spacial score (nSPS) is 10.3. The van der Waals surface area contributed by atoms with Crippen molar-refractivity contribution in [2.45, 2.75) is 19.3 Å². The Morgan fingerprint density at radius 1 is 1.29 bits per heavy atom. The van der Waals surface area contributed by atoms with Gasteiger partial charge in [-0.3, -0.25) is 0 Å². The molecule has 72 valence electrons. The van der Waals surface area contributed by atoms with Crippen molar-refractivity contribution < 1.29 is 0 Å². The quantitative estimate of drug-likeness (QED) is 0.511. The van der Waals surface area contributed by atoms with Crippen molar-refractivity contribution >= 4 is 17.7 Å². The van der Waals surface area contributed by atoms with Crippen molar-refractivity contribution in [2.75, 3.05) is 0 Å². The standard InChI is InChI=1S/C13H13Cl/c1-2-3-4-5-6-7-12-8-10-13(14)11-9-12/h1,6-11H,3-5H2. The van der Waals surface area contributed by atoms with Gasteiger partial charge in [-0.15, -0.1) is 12.3 Å². The first kappa shape index (κ1) is 10.9. The van der Waals surface area contributed by atoms with Crippen molar-refractivity contribution in [1.82, 2.24) is 0 Å². The van der Waals surface area contributed by atoms with Crippen LogP contribution in [0.15, 0.2) is 30.3 Å². The summed E-state index contributed by atoms with van der Waals surface area (Å²) in [6, 6.07) is 7.78. The molecule has 0 saturated heterocycles. The molecule has 0 aromatic heterocycles. The van der Waals surface area contributed by atoms with Crippen LogP contribution < -0.4 is 0 Å².